The van der Waals surface area contributed by atoms with Gasteiger partial charge in [0.1, 0.15) is 0 Å². The Hall–Kier alpha value is -0.870. The summed E-state index contributed by atoms with van der Waals surface area (Å²) in [7, 11) is 0.0893. The van der Waals surface area contributed by atoms with E-state index in [-0.39, 0.29) is 12.2 Å². The Kier molecular flexibility index (Phi) is 9.93. The molecule has 6 heteroatoms. The minimum absolute atomic E-state index is 0.168. The van der Waals surface area contributed by atoms with Crippen LogP contribution in [0.5, 0.6) is 0 Å². The normalized spacial score (nSPS) is 31.1. The summed E-state index contributed by atoms with van der Waals surface area (Å²) in [6.45, 7) is 13.4. The van der Waals surface area contributed by atoms with Gasteiger partial charge in [-0.2, -0.15) is 0 Å². The van der Waals surface area contributed by atoms with Crippen LogP contribution in [0.25, 0.3) is 0 Å². The molecule has 0 radical (unpaired) electrons. The highest BCUT2D eigenvalue weighted by atomic mass is 31.2. The summed E-state index contributed by atoms with van der Waals surface area (Å²) in [4.78, 5) is 2.01. The van der Waals surface area contributed by atoms with Crippen molar-refractivity contribution in [2.45, 2.75) is 98.1 Å². The van der Waals surface area contributed by atoms with Crippen molar-refractivity contribution in [1.82, 2.24) is 0 Å². The maximum absolute atomic E-state index is 14.7. The quantitative estimate of drug-likeness (QED) is 0.344. The monoisotopic (exact) mass is 507 g/mol. The van der Waals surface area contributed by atoms with E-state index >= 15 is 0 Å². The predicted molar refractivity (Wildman–Crippen MR) is 146 cm³/mol. The summed E-state index contributed by atoms with van der Waals surface area (Å²) in [5.74, 6) is 1.21. The molecule has 1 aromatic carbocycles. The molecule has 0 bridgehead atoms. The summed E-state index contributed by atoms with van der Waals surface area (Å²) in [5, 5.41) is 11.6. The molecule has 0 aromatic heterocycles. The molecular formula is C29H50NO4P. The average Bonchev–Trinajstić information content (AvgIpc) is 2.78. The molecule has 2 aliphatic carbocycles. The first kappa shape index (κ1) is 28.7. The van der Waals surface area contributed by atoms with Crippen molar-refractivity contribution in [2.75, 3.05) is 19.0 Å². The molecule has 7 atom stereocenters. The lowest BCUT2D eigenvalue weighted by Crippen LogP contribution is -2.37. The van der Waals surface area contributed by atoms with Crippen LogP contribution in [0.15, 0.2) is 24.3 Å². The van der Waals surface area contributed by atoms with Crippen LogP contribution < -0.4 is 4.90 Å². The molecule has 0 amide bonds. The Morgan fingerprint density at radius 1 is 0.829 bits per heavy atom. The molecule has 200 valence electrons. The van der Waals surface area contributed by atoms with E-state index in [1.807, 2.05) is 43.3 Å². The minimum atomic E-state index is -3.87. The summed E-state index contributed by atoms with van der Waals surface area (Å²) in [6.07, 6.45) is 5.83. The van der Waals surface area contributed by atoms with E-state index in [2.05, 4.69) is 41.5 Å². The molecule has 1 N–H and O–H groups in total. The number of benzene rings is 1. The third kappa shape index (κ3) is 7.12. The van der Waals surface area contributed by atoms with Gasteiger partial charge in [-0.3, -0.25) is 4.57 Å². The average molecular weight is 508 g/mol. The van der Waals surface area contributed by atoms with E-state index in [0.29, 0.717) is 41.1 Å². The molecular weight excluding hydrogens is 457 g/mol. The second kappa shape index (κ2) is 12.1. The molecule has 0 heterocycles. The fourth-order valence-corrected chi connectivity index (χ4v) is 8.17. The van der Waals surface area contributed by atoms with Crippen LogP contribution in [-0.4, -0.2) is 31.4 Å². The van der Waals surface area contributed by atoms with E-state index in [4.69, 9.17) is 9.05 Å². The Morgan fingerprint density at radius 2 is 1.26 bits per heavy atom. The van der Waals surface area contributed by atoms with Gasteiger partial charge in [-0.1, -0.05) is 66.5 Å². The molecule has 2 saturated carbocycles. The zero-order chi connectivity index (χ0) is 25.9. The molecule has 2 fully saturated rings. The minimum Gasteiger partial charge on any atom is -0.378 e. The maximum Gasteiger partial charge on any atom is 0.363 e. The Balaban J connectivity index is 1.95. The van der Waals surface area contributed by atoms with Gasteiger partial charge in [0.25, 0.3) is 0 Å². The summed E-state index contributed by atoms with van der Waals surface area (Å²) in [5.41, 5.74) is 1.62. The van der Waals surface area contributed by atoms with Crippen molar-refractivity contribution in [2.24, 2.45) is 35.5 Å². The smallest absolute Gasteiger partial charge is 0.363 e. The summed E-state index contributed by atoms with van der Waals surface area (Å²) >= 11 is 0. The van der Waals surface area contributed by atoms with Gasteiger partial charge in [0.2, 0.25) is 0 Å². The molecule has 35 heavy (non-hydrogen) atoms. The van der Waals surface area contributed by atoms with Crippen LogP contribution in [-0.2, 0) is 13.6 Å². The molecule has 5 nitrogen and oxygen atoms in total. The zero-order valence-electron chi connectivity index (χ0n) is 23.3. The summed E-state index contributed by atoms with van der Waals surface area (Å²) in [6, 6.07) is 7.60. The molecule has 1 aromatic rings. The topological polar surface area (TPSA) is 59.0 Å². The first-order valence-electron chi connectivity index (χ1n) is 13.8. The fraction of sp³-hybridized carbons (Fsp3) is 0.793. The molecule has 0 unspecified atom stereocenters. The second-order valence-corrected chi connectivity index (χ2v) is 14.3. The largest absolute Gasteiger partial charge is 0.378 e. The van der Waals surface area contributed by atoms with Gasteiger partial charge in [-0.05, 0) is 78.9 Å². The third-order valence-corrected chi connectivity index (χ3v) is 10.5. The lowest BCUT2D eigenvalue weighted by Gasteiger charge is -2.42. The van der Waals surface area contributed by atoms with Crippen LogP contribution in [0.2, 0.25) is 0 Å². The molecule has 0 spiro atoms. The van der Waals surface area contributed by atoms with Gasteiger partial charge in [0.05, 0.1) is 12.2 Å². The molecule has 0 saturated heterocycles. The number of rotatable bonds is 9. The van der Waals surface area contributed by atoms with Gasteiger partial charge in [0.15, 0.2) is 5.85 Å². The number of hydrogen-bond acceptors (Lipinski definition) is 5. The fourth-order valence-electron chi connectivity index (χ4n) is 6.12. The van der Waals surface area contributed by atoms with E-state index in [1.54, 1.807) is 0 Å². The summed E-state index contributed by atoms with van der Waals surface area (Å²) < 4.78 is 27.8. The lowest BCUT2D eigenvalue weighted by molar-refractivity contribution is -0.0153. The second-order valence-electron chi connectivity index (χ2n) is 12.3. The Bertz CT molecular complexity index is 802. The molecule has 3 rings (SSSR count). The van der Waals surface area contributed by atoms with Crippen molar-refractivity contribution >= 4 is 13.3 Å². The Labute approximate surface area is 214 Å². The van der Waals surface area contributed by atoms with Gasteiger partial charge < -0.3 is 19.1 Å². The van der Waals surface area contributed by atoms with Crippen molar-refractivity contribution in [3.05, 3.63) is 29.8 Å². The van der Waals surface area contributed by atoms with Crippen molar-refractivity contribution in [1.29, 1.82) is 0 Å². The Morgan fingerprint density at radius 3 is 1.63 bits per heavy atom. The number of hydrogen-bond donors (Lipinski definition) is 1. The van der Waals surface area contributed by atoms with E-state index < -0.39 is 13.4 Å². The maximum atomic E-state index is 14.7. The lowest BCUT2D eigenvalue weighted by atomic mass is 9.75. The number of aliphatic hydroxyl groups excluding tert-OH is 1. The van der Waals surface area contributed by atoms with Crippen molar-refractivity contribution < 1.29 is 18.7 Å². The van der Waals surface area contributed by atoms with Crippen LogP contribution in [0.3, 0.4) is 0 Å². The third-order valence-electron chi connectivity index (χ3n) is 8.49. The molecule has 2 aliphatic rings. The van der Waals surface area contributed by atoms with Gasteiger partial charge in [0, 0.05) is 19.8 Å². The standard InChI is InChI=1S/C29H50NO4P/c1-19(2)25-15-9-21(5)17-27(25)33-35(32,29(31)23-11-13-24(14-12-23)30(7)8)34-28-18-22(6)10-16-26(28)20(3)4/h11-14,19-22,25-29,31H,9-10,15-18H2,1-8H3/t21-,22-,25-,26-,27-,28-,29-/m1/s1. The van der Waals surface area contributed by atoms with Crippen LogP contribution >= 0.6 is 7.60 Å². The first-order chi connectivity index (χ1) is 16.4. The first-order valence-corrected chi connectivity index (χ1v) is 15.4. The highest BCUT2D eigenvalue weighted by Crippen LogP contribution is 2.64. The number of anilines is 1. The highest BCUT2D eigenvalue weighted by Gasteiger charge is 2.46. The SMILES string of the molecule is CC(C)[C@H]1CC[C@@H](C)C[C@H]1OP(=O)(O[C@@H]1C[C@H](C)CC[C@@H]1C(C)C)[C@@H](O)c1ccc(N(C)C)cc1. The van der Waals surface area contributed by atoms with E-state index in [1.165, 1.54) is 0 Å². The number of aliphatic hydroxyl groups is 1. The molecule has 0 aliphatic heterocycles. The highest BCUT2D eigenvalue weighted by molar-refractivity contribution is 7.54. The van der Waals surface area contributed by atoms with Gasteiger partial charge in [-0.25, -0.2) is 0 Å². The van der Waals surface area contributed by atoms with Crippen LogP contribution in [0.4, 0.5) is 5.69 Å². The van der Waals surface area contributed by atoms with Crippen molar-refractivity contribution in [3.8, 4) is 0 Å². The number of nitrogens with zero attached hydrogens (tertiary/aromatic N) is 1. The van der Waals surface area contributed by atoms with Gasteiger partial charge in [-0.15, -0.1) is 0 Å². The van der Waals surface area contributed by atoms with E-state index in [9.17, 15) is 9.67 Å². The van der Waals surface area contributed by atoms with Crippen molar-refractivity contribution in [3.63, 3.8) is 0 Å². The predicted octanol–water partition coefficient (Wildman–Crippen LogP) is 7.89. The van der Waals surface area contributed by atoms with Crippen LogP contribution in [0, 0.1) is 35.5 Å². The zero-order valence-corrected chi connectivity index (χ0v) is 24.2. The van der Waals surface area contributed by atoms with Gasteiger partial charge >= 0.3 is 7.60 Å². The van der Waals surface area contributed by atoms with E-state index in [0.717, 1.165) is 44.2 Å². The van der Waals surface area contributed by atoms with Crippen LogP contribution in [0.1, 0.15) is 91.5 Å².